The predicted molar refractivity (Wildman–Crippen MR) is 123 cm³/mol. The highest BCUT2D eigenvalue weighted by molar-refractivity contribution is 5.68. The van der Waals surface area contributed by atoms with Gasteiger partial charge in [0.1, 0.15) is 0 Å². The molecule has 8 nitrogen and oxygen atoms in total. The van der Waals surface area contributed by atoms with Gasteiger partial charge < -0.3 is 23.7 Å². The van der Waals surface area contributed by atoms with Crippen LogP contribution in [-0.2, 0) is 38.1 Å². The van der Waals surface area contributed by atoms with E-state index in [1.807, 2.05) is 13.8 Å². The first kappa shape index (κ1) is 26.7. The molecule has 2 aliphatic carbocycles. The zero-order chi connectivity index (χ0) is 25.3. The Labute approximate surface area is 202 Å². The Morgan fingerprint density at radius 2 is 1.62 bits per heavy atom. The van der Waals surface area contributed by atoms with Gasteiger partial charge in [-0.1, -0.05) is 19.1 Å². The number of hydrogen-bond acceptors (Lipinski definition) is 8. The minimum Gasteiger partial charge on any atom is -0.456 e. The van der Waals surface area contributed by atoms with Crippen molar-refractivity contribution >= 4 is 17.9 Å². The molecule has 0 spiro atoms. The van der Waals surface area contributed by atoms with Gasteiger partial charge in [-0.3, -0.25) is 14.4 Å². The van der Waals surface area contributed by atoms with Gasteiger partial charge >= 0.3 is 17.9 Å². The highest BCUT2D eigenvalue weighted by atomic mass is 16.7. The van der Waals surface area contributed by atoms with Crippen LogP contribution in [0.15, 0.2) is 12.2 Å². The summed E-state index contributed by atoms with van der Waals surface area (Å²) in [6.45, 7) is 14.5. The van der Waals surface area contributed by atoms with E-state index < -0.39 is 48.1 Å². The van der Waals surface area contributed by atoms with E-state index in [1.165, 1.54) is 39.2 Å². The Kier molecular flexibility index (Phi) is 8.13. The molecule has 0 radical (unpaired) electrons. The Morgan fingerprint density at radius 3 is 2.24 bits per heavy atom. The maximum absolute atomic E-state index is 11.9. The molecular weight excluding hydrogens is 440 g/mol. The van der Waals surface area contributed by atoms with E-state index in [0.29, 0.717) is 11.3 Å². The lowest BCUT2D eigenvalue weighted by Gasteiger charge is -2.52. The largest absolute Gasteiger partial charge is 0.456 e. The molecule has 8 heteroatoms. The molecule has 0 aromatic rings. The second kappa shape index (κ2) is 10.4. The molecule has 192 valence electrons. The van der Waals surface area contributed by atoms with Gasteiger partial charge in [-0.15, -0.1) is 0 Å². The monoisotopic (exact) mass is 480 g/mol. The van der Waals surface area contributed by atoms with Crippen LogP contribution in [0.5, 0.6) is 0 Å². The molecule has 1 saturated heterocycles. The summed E-state index contributed by atoms with van der Waals surface area (Å²) >= 11 is 0. The Morgan fingerprint density at radius 1 is 1.00 bits per heavy atom. The van der Waals surface area contributed by atoms with Crippen LogP contribution >= 0.6 is 0 Å². The van der Waals surface area contributed by atoms with Crippen LogP contribution in [0.4, 0.5) is 0 Å². The molecule has 7 atom stereocenters. The number of hydrogen-bond donors (Lipinski definition) is 0. The molecule has 3 aliphatic rings. The van der Waals surface area contributed by atoms with Crippen LogP contribution in [0.2, 0.25) is 0 Å². The highest BCUT2D eigenvalue weighted by Gasteiger charge is 2.52. The summed E-state index contributed by atoms with van der Waals surface area (Å²) in [6, 6.07) is 0. The zero-order valence-electron chi connectivity index (χ0n) is 21.4. The molecule has 0 aromatic carbocycles. The molecule has 0 N–H and O–H groups in total. The van der Waals surface area contributed by atoms with Crippen LogP contribution in [0.3, 0.4) is 0 Å². The van der Waals surface area contributed by atoms with E-state index >= 15 is 0 Å². The number of ether oxygens (including phenoxy) is 5. The first-order valence-electron chi connectivity index (χ1n) is 12.3. The van der Waals surface area contributed by atoms with E-state index in [-0.39, 0.29) is 12.5 Å². The fourth-order valence-corrected chi connectivity index (χ4v) is 6.05. The van der Waals surface area contributed by atoms with Crippen molar-refractivity contribution in [3.8, 4) is 0 Å². The lowest BCUT2D eigenvalue weighted by molar-refractivity contribution is -0.310. The zero-order valence-corrected chi connectivity index (χ0v) is 21.4. The average Bonchev–Trinajstić information content (AvgIpc) is 2.70. The molecule has 7 unspecified atom stereocenters. The fraction of sp³-hybridized carbons (Fsp3) is 0.808. The SMILES string of the molecule is C=C1CCCC2(C)CCC(C(C)(C)OC3OCC(OC(C)=O)C(OC(C)=O)C3OC(C)=O)CC12. The van der Waals surface area contributed by atoms with Crippen molar-refractivity contribution < 1.29 is 38.1 Å². The third kappa shape index (κ3) is 6.00. The van der Waals surface area contributed by atoms with Gasteiger partial charge in [0.15, 0.2) is 24.6 Å². The fourth-order valence-electron chi connectivity index (χ4n) is 6.05. The Balaban J connectivity index is 1.79. The Bertz CT molecular complexity index is 805. The van der Waals surface area contributed by atoms with E-state index in [4.69, 9.17) is 23.7 Å². The van der Waals surface area contributed by atoms with Gasteiger partial charge in [-0.2, -0.15) is 0 Å². The minimum absolute atomic E-state index is 0.0434. The van der Waals surface area contributed by atoms with Crippen molar-refractivity contribution in [1.82, 2.24) is 0 Å². The summed E-state index contributed by atoms with van der Waals surface area (Å²) in [6.07, 6.45) is 2.63. The molecule has 3 rings (SSSR count). The van der Waals surface area contributed by atoms with Gasteiger partial charge in [-0.05, 0) is 69.6 Å². The topological polar surface area (TPSA) is 97.4 Å². The first-order chi connectivity index (χ1) is 15.8. The van der Waals surface area contributed by atoms with Crippen LogP contribution in [0.1, 0.15) is 80.1 Å². The van der Waals surface area contributed by atoms with Gasteiger partial charge in [0, 0.05) is 20.8 Å². The molecule has 0 amide bonds. The van der Waals surface area contributed by atoms with Crippen LogP contribution in [0.25, 0.3) is 0 Å². The number of carbonyl (C=O) groups is 3. The molecule has 1 heterocycles. The summed E-state index contributed by atoms with van der Waals surface area (Å²) in [5, 5.41) is 0. The van der Waals surface area contributed by atoms with Crippen molar-refractivity contribution in [2.24, 2.45) is 17.3 Å². The van der Waals surface area contributed by atoms with Crippen LogP contribution in [-0.4, -0.2) is 54.7 Å². The second-order valence-electron chi connectivity index (χ2n) is 10.9. The van der Waals surface area contributed by atoms with E-state index in [0.717, 1.165) is 25.7 Å². The van der Waals surface area contributed by atoms with E-state index in [9.17, 15) is 14.4 Å². The Hall–Kier alpha value is -1.93. The number of fused-ring (bicyclic) bond motifs is 1. The van der Waals surface area contributed by atoms with Crippen molar-refractivity contribution in [3.05, 3.63) is 12.2 Å². The van der Waals surface area contributed by atoms with Crippen molar-refractivity contribution in [2.45, 2.75) is 110 Å². The summed E-state index contributed by atoms with van der Waals surface area (Å²) in [7, 11) is 0. The predicted octanol–water partition coefficient (Wildman–Crippen LogP) is 4.10. The van der Waals surface area contributed by atoms with Crippen molar-refractivity contribution in [2.75, 3.05) is 6.61 Å². The smallest absolute Gasteiger partial charge is 0.303 e. The second-order valence-corrected chi connectivity index (χ2v) is 10.9. The van der Waals surface area contributed by atoms with Gasteiger partial charge in [0.25, 0.3) is 0 Å². The maximum atomic E-state index is 11.9. The number of rotatable bonds is 6. The summed E-state index contributed by atoms with van der Waals surface area (Å²) in [5.74, 6) is -0.999. The van der Waals surface area contributed by atoms with Crippen molar-refractivity contribution in [3.63, 3.8) is 0 Å². The summed E-state index contributed by atoms with van der Waals surface area (Å²) in [4.78, 5) is 35.3. The molecular formula is C26H40O8. The van der Waals surface area contributed by atoms with Gasteiger partial charge in [0.05, 0.1) is 12.2 Å². The normalized spacial score (nSPS) is 36.2. The summed E-state index contributed by atoms with van der Waals surface area (Å²) in [5.41, 5.74) is 1.03. The third-order valence-corrected chi connectivity index (χ3v) is 7.87. The van der Waals surface area contributed by atoms with Crippen LogP contribution in [0, 0.1) is 17.3 Å². The average molecular weight is 481 g/mol. The highest BCUT2D eigenvalue weighted by Crippen LogP contribution is 2.55. The molecule has 2 saturated carbocycles. The molecule has 34 heavy (non-hydrogen) atoms. The van der Waals surface area contributed by atoms with Crippen LogP contribution < -0.4 is 0 Å². The molecule has 1 aliphatic heterocycles. The summed E-state index contributed by atoms with van der Waals surface area (Å²) < 4.78 is 28.6. The lowest BCUT2D eigenvalue weighted by Crippen LogP contribution is -2.60. The first-order valence-corrected chi connectivity index (χ1v) is 12.3. The molecule has 0 aromatic heterocycles. The third-order valence-electron chi connectivity index (χ3n) is 7.87. The van der Waals surface area contributed by atoms with E-state index in [1.54, 1.807) is 0 Å². The van der Waals surface area contributed by atoms with Gasteiger partial charge in [0.2, 0.25) is 0 Å². The molecule has 0 bridgehead atoms. The number of esters is 3. The number of carbonyl (C=O) groups excluding carboxylic acids is 3. The minimum atomic E-state index is -1.07. The van der Waals surface area contributed by atoms with E-state index in [2.05, 4.69) is 13.5 Å². The lowest BCUT2D eigenvalue weighted by atomic mass is 9.55. The molecule has 3 fully saturated rings. The van der Waals surface area contributed by atoms with Gasteiger partial charge in [-0.25, -0.2) is 0 Å². The van der Waals surface area contributed by atoms with Crippen molar-refractivity contribution in [1.29, 1.82) is 0 Å². The maximum Gasteiger partial charge on any atom is 0.303 e. The number of allylic oxidation sites excluding steroid dienone is 1. The quantitative estimate of drug-likeness (QED) is 0.318. The standard InChI is InChI=1S/C26H40O8/c1-15-9-8-11-26(7)12-10-19(13-20(15)26)25(5,6)34-24-23(33-18(4)29)22(32-17(3)28)21(14-30-24)31-16(2)27/h19-24H,1,8-14H2,2-7H3.